The fourth-order valence-electron chi connectivity index (χ4n) is 1.10. The summed E-state index contributed by atoms with van der Waals surface area (Å²) in [5, 5.41) is 0.565. The zero-order valence-corrected chi connectivity index (χ0v) is 11.5. The van der Waals surface area contributed by atoms with Gasteiger partial charge in [0.25, 0.3) is 0 Å². The van der Waals surface area contributed by atoms with Gasteiger partial charge in [0.2, 0.25) is 10.0 Å². The quantitative estimate of drug-likeness (QED) is 0.802. The molecule has 7 heteroatoms. The van der Waals surface area contributed by atoms with Gasteiger partial charge in [0.05, 0.1) is 4.90 Å². The lowest BCUT2D eigenvalue weighted by molar-refractivity contribution is 0.488. The predicted octanol–water partition coefficient (Wildman–Crippen LogP) is 2.85. The topological polar surface area (TPSA) is 37.4 Å². The van der Waals surface area contributed by atoms with E-state index < -0.39 is 10.0 Å². The second-order valence-corrected chi connectivity index (χ2v) is 6.42. The molecule has 0 radical (unpaired) electrons. The van der Waals surface area contributed by atoms with Crippen molar-refractivity contribution < 1.29 is 8.42 Å². The third-order valence-electron chi connectivity index (χ3n) is 1.94. The highest BCUT2D eigenvalue weighted by Crippen LogP contribution is 2.24. The van der Waals surface area contributed by atoms with Crippen molar-refractivity contribution in [3.8, 4) is 0 Å². The van der Waals surface area contributed by atoms with Crippen molar-refractivity contribution in [2.24, 2.45) is 0 Å². The van der Waals surface area contributed by atoms with Gasteiger partial charge in [0, 0.05) is 29.5 Å². The van der Waals surface area contributed by atoms with Crippen LogP contribution in [0.25, 0.3) is 0 Å². The Morgan fingerprint density at radius 1 is 1.19 bits per heavy atom. The molecule has 16 heavy (non-hydrogen) atoms. The minimum Gasteiger partial charge on any atom is -0.207 e. The van der Waals surface area contributed by atoms with Crippen molar-refractivity contribution >= 4 is 44.8 Å². The zero-order valence-electron chi connectivity index (χ0n) is 8.45. The Bertz CT molecular complexity index is 455. The summed E-state index contributed by atoms with van der Waals surface area (Å²) in [7, 11) is -2.12. The molecule has 1 aromatic carbocycles. The third-order valence-corrected chi connectivity index (χ3v) is 4.38. The van der Waals surface area contributed by atoms with Gasteiger partial charge in [0.15, 0.2) is 0 Å². The van der Waals surface area contributed by atoms with E-state index in [0.717, 1.165) is 4.31 Å². The minimum absolute atomic E-state index is 0.0672. The summed E-state index contributed by atoms with van der Waals surface area (Å²) in [5.41, 5.74) is 0. The first-order valence-electron chi connectivity index (χ1n) is 4.36. The van der Waals surface area contributed by atoms with Gasteiger partial charge in [0.1, 0.15) is 0 Å². The van der Waals surface area contributed by atoms with Crippen LogP contribution in [0.4, 0.5) is 0 Å². The van der Waals surface area contributed by atoms with Crippen LogP contribution >= 0.6 is 34.8 Å². The Labute approximate surface area is 110 Å². The molecule has 0 aliphatic carbocycles. The van der Waals surface area contributed by atoms with E-state index in [-0.39, 0.29) is 27.4 Å². The first-order valence-corrected chi connectivity index (χ1v) is 7.09. The monoisotopic (exact) mass is 301 g/mol. The van der Waals surface area contributed by atoms with Crippen molar-refractivity contribution in [1.29, 1.82) is 0 Å². The van der Waals surface area contributed by atoms with Crippen molar-refractivity contribution in [3.63, 3.8) is 0 Å². The van der Waals surface area contributed by atoms with Gasteiger partial charge in [-0.15, -0.1) is 11.6 Å². The second kappa shape index (κ2) is 5.56. The first kappa shape index (κ1) is 14.1. The lowest BCUT2D eigenvalue weighted by atomic mass is 10.4. The maximum absolute atomic E-state index is 12.0. The van der Waals surface area contributed by atoms with E-state index in [9.17, 15) is 8.42 Å². The van der Waals surface area contributed by atoms with E-state index in [4.69, 9.17) is 34.8 Å². The molecule has 0 bridgehead atoms. The van der Waals surface area contributed by atoms with Gasteiger partial charge < -0.3 is 0 Å². The molecule has 0 saturated heterocycles. The maximum Gasteiger partial charge on any atom is 0.242 e. The average Bonchev–Trinajstić information content (AvgIpc) is 2.16. The summed E-state index contributed by atoms with van der Waals surface area (Å²) in [6.45, 7) is 0.230. The highest BCUT2D eigenvalue weighted by Gasteiger charge is 2.20. The number of hydrogen-bond acceptors (Lipinski definition) is 2. The minimum atomic E-state index is -3.57. The summed E-state index contributed by atoms with van der Waals surface area (Å²) < 4.78 is 25.1. The number of benzene rings is 1. The third kappa shape index (κ3) is 3.25. The standard InChI is InChI=1S/C9H10Cl3NO2S/c1-13(3-2-10)16(14,15)9-5-7(11)4-8(12)6-9/h4-6H,2-3H2,1H3. The van der Waals surface area contributed by atoms with Crippen LogP contribution in [0.15, 0.2) is 23.1 Å². The fourth-order valence-corrected chi connectivity index (χ4v) is 3.35. The second-order valence-electron chi connectivity index (χ2n) is 3.12. The molecule has 0 aliphatic rings. The van der Waals surface area contributed by atoms with Crippen LogP contribution in [-0.4, -0.2) is 32.2 Å². The summed E-state index contributed by atoms with van der Waals surface area (Å²) in [6, 6.07) is 4.19. The molecule has 0 saturated carbocycles. The normalized spacial score (nSPS) is 12.1. The molecule has 0 spiro atoms. The van der Waals surface area contributed by atoms with Gasteiger partial charge in [-0.05, 0) is 18.2 Å². The lowest BCUT2D eigenvalue weighted by Gasteiger charge is -2.16. The van der Waals surface area contributed by atoms with Gasteiger partial charge in [-0.1, -0.05) is 23.2 Å². The smallest absolute Gasteiger partial charge is 0.207 e. The van der Waals surface area contributed by atoms with E-state index >= 15 is 0 Å². The van der Waals surface area contributed by atoms with Crippen molar-refractivity contribution in [2.75, 3.05) is 19.5 Å². The molecular weight excluding hydrogens is 293 g/mol. The molecule has 0 atom stereocenters. The average molecular weight is 303 g/mol. The molecular formula is C9H10Cl3NO2S. The molecule has 0 N–H and O–H groups in total. The van der Waals surface area contributed by atoms with Crippen LogP contribution in [0.3, 0.4) is 0 Å². The Hall–Kier alpha value is -0.000000000000000111. The summed E-state index contributed by atoms with van der Waals surface area (Å²) in [6.07, 6.45) is 0. The van der Waals surface area contributed by atoms with Crippen LogP contribution in [0.5, 0.6) is 0 Å². The first-order chi connectivity index (χ1) is 7.37. The molecule has 1 aromatic rings. The lowest BCUT2D eigenvalue weighted by Crippen LogP contribution is -2.28. The molecule has 90 valence electrons. The van der Waals surface area contributed by atoms with Gasteiger partial charge in [-0.2, -0.15) is 4.31 Å². The summed E-state index contributed by atoms with van der Waals surface area (Å²) >= 11 is 17.0. The van der Waals surface area contributed by atoms with Crippen LogP contribution in [0.1, 0.15) is 0 Å². The van der Waals surface area contributed by atoms with E-state index in [1.54, 1.807) is 0 Å². The molecule has 0 amide bonds. The Kier molecular flexibility index (Phi) is 4.88. The summed E-state index contributed by atoms with van der Waals surface area (Å²) in [4.78, 5) is 0.0672. The number of sulfonamides is 1. The van der Waals surface area contributed by atoms with E-state index in [1.165, 1.54) is 25.2 Å². The highest BCUT2D eigenvalue weighted by atomic mass is 35.5. The molecule has 0 fully saturated rings. The number of hydrogen-bond donors (Lipinski definition) is 0. The SMILES string of the molecule is CN(CCCl)S(=O)(=O)c1cc(Cl)cc(Cl)c1. The number of nitrogens with zero attached hydrogens (tertiary/aromatic N) is 1. The van der Waals surface area contributed by atoms with Crippen molar-refractivity contribution in [1.82, 2.24) is 4.31 Å². The Balaban J connectivity index is 3.16. The van der Waals surface area contributed by atoms with Crippen LogP contribution in [0.2, 0.25) is 10.0 Å². The van der Waals surface area contributed by atoms with E-state index in [0.29, 0.717) is 0 Å². The van der Waals surface area contributed by atoms with Gasteiger partial charge in [-0.3, -0.25) is 0 Å². The van der Waals surface area contributed by atoms with Crippen LogP contribution in [0, 0.1) is 0 Å². The number of alkyl halides is 1. The Morgan fingerprint density at radius 2 is 1.69 bits per heavy atom. The van der Waals surface area contributed by atoms with Crippen LogP contribution < -0.4 is 0 Å². The number of halogens is 3. The van der Waals surface area contributed by atoms with E-state index in [2.05, 4.69) is 0 Å². The van der Waals surface area contributed by atoms with Gasteiger partial charge >= 0.3 is 0 Å². The predicted molar refractivity (Wildman–Crippen MR) is 67.0 cm³/mol. The largest absolute Gasteiger partial charge is 0.242 e. The van der Waals surface area contributed by atoms with Crippen molar-refractivity contribution in [3.05, 3.63) is 28.2 Å². The molecule has 1 rings (SSSR count). The summed E-state index contributed by atoms with van der Waals surface area (Å²) in [5.74, 6) is 0.226. The molecule has 3 nitrogen and oxygen atoms in total. The molecule has 0 aliphatic heterocycles. The van der Waals surface area contributed by atoms with Crippen LogP contribution in [-0.2, 0) is 10.0 Å². The highest BCUT2D eigenvalue weighted by molar-refractivity contribution is 7.89. The molecule has 0 unspecified atom stereocenters. The van der Waals surface area contributed by atoms with E-state index in [1.807, 2.05) is 0 Å². The zero-order chi connectivity index (χ0) is 12.3. The molecule has 0 aromatic heterocycles. The van der Waals surface area contributed by atoms with Gasteiger partial charge in [-0.25, -0.2) is 8.42 Å². The molecule has 0 heterocycles. The Morgan fingerprint density at radius 3 is 2.12 bits per heavy atom. The number of rotatable bonds is 4. The fraction of sp³-hybridized carbons (Fsp3) is 0.333. The maximum atomic E-state index is 12.0. The van der Waals surface area contributed by atoms with Crippen molar-refractivity contribution in [2.45, 2.75) is 4.90 Å².